The van der Waals surface area contributed by atoms with Gasteiger partial charge in [-0.05, 0) is 43.2 Å². The number of carbonyl (C=O) groups excluding carboxylic acids is 1. The van der Waals surface area contributed by atoms with E-state index in [0.29, 0.717) is 5.69 Å². The Morgan fingerprint density at radius 2 is 1.76 bits per heavy atom. The fourth-order valence-electron chi connectivity index (χ4n) is 2.00. The Morgan fingerprint density at radius 1 is 1.10 bits per heavy atom. The lowest BCUT2D eigenvalue weighted by molar-refractivity contribution is -0.112. The average Bonchev–Trinajstić information content (AvgIpc) is 2.44. The molecule has 104 valence electrons. The lowest BCUT2D eigenvalue weighted by atomic mass is 10.1. The van der Waals surface area contributed by atoms with Crippen molar-refractivity contribution in [3.8, 4) is 6.07 Å². The molecule has 2 aromatic rings. The number of benzene rings is 2. The van der Waals surface area contributed by atoms with E-state index in [0.717, 1.165) is 16.7 Å². The van der Waals surface area contributed by atoms with Gasteiger partial charge < -0.3 is 5.32 Å². The summed E-state index contributed by atoms with van der Waals surface area (Å²) < 4.78 is 0. The molecule has 1 N–H and O–H groups in total. The number of anilines is 1. The molecule has 0 spiro atoms. The lowest BCUT2D eigenvalue weighted by Gasteiger charge is -2.05. The van der Waals surface area contributed by atoms with Gasteiger partial charge in [-0.1, -0.05) is 42.0 Å². The first kappa shape index (κ1) is 14.5. The molecule has 2 rings (SSSR count). The van der Waals surface area contributed by atoms with Crippen molar-refractivity contribution in [3.05, 3.63) is 70.8 Å². The zero-order valence-corrected chi connectivity index (χ0v) is 12.1. The van der Waals surface area contributed by atoms with Crippen molar-refractivity contribution < 1.29 is 4.79 Å². The third kappa shape index (κ3) is 4.05. The van der Waals surface area contributed by atoms with Gasteiger partial charge in [-0.25, -0.2) is 0 Å². The van der Waals surface area contributed by atoms with Crippen molar-refractivity contribution in [1.82, 2.24) is 0 Å². The van der Waals surface area contributed by atoms with Gasteiger partial charge in [0.2, 0.25) is 0 Å². The molecule has 0 saturated carbocycles. The van der Waals surface area contributed by atoms with Gasteiger partial charge in [-0.2, -0.15) is 5.26 Å². The van der Waals surface area contributed by atoms with Crippen LogP contribution in [0.2, 0.25) is 0 Å². The van der Waals surface area contributed by atoms with Crippen LogP contribution < -0.4 is 5.32 Å². The Morgan fingerprint density at radius 3 is 2.38 bits per heavy atom. The van der Waals surface area contributed by atoms with Crippen LogP contribution in [-0.4, -0.2) is 5.91 Å². The molecule has 21 heavy (non-hydrogen) atoms. The summed E-state index contributed by atoms with van der Waals surface area (Å²) in [5.74, 6) is -0.399. The first-order chi connectivity index (χ1) is 10.1. The summed E-state index contributed by atoms with van der Waals surface area (Å²) in [5.41, 5.74) is 3.74. The number of amides is 1. The number of aryl methyl sites for hydroxylation is 2. The first-order valence-electron chi connectivity index (χ1n) is 6.65. The Balaban J connectivity index is 2.21. The molecule has 0 saturated heterocycles. The molecule has 0 heterocycles. The zero-order chi connectivity index (χ0) is 15.2. The molecule has 0 atom stereocenters. The number of nitrogens with zero attached hydrogens (tertiary/aromatic N) is 1. The quantitative estimate of drug-likeness (QED) is 0.684. The molecule has 0 fully saturated rings. The van der Waals surface area contributed by atoms with Crippen LogP contribution in [0.5, 0.6) is 0 Å². The highest BCUT2D eigenvalue weighted by atomic mass is 16.1. The van der Waals surface area contributed by atoms with Crippen molar-refractivity contribution in [3.63, 3.8) is 0 Å². The van der Waals surface area contributed by atoms with Gasteiger partial charge in [0.05, 0.1) is 0 Å². The molecule has 0 aliphatic carbocycles. The van der Waals surface area contributed by atoms with Crippen molar-refractivity contribution >= 4 is 17.7 Å². The number of hydrogen-bond donors (Lipinski definition) is 1. The number of carbonyl (C=O) groups is 1. The summed E-state index contributed by atoms with van der Waals surface area (Å²) >= 11 is 0. The second kappa shape index (κ2) is 6.53. The summed E-state index contributed by atoms with van der Waals surface area (Å²) in [6, 6.07) is 17.1. The van der Waals surface area contributed by atoms with Crippen molar-refractivity contribution in [2.45, 2.75) is 13.8 Å². The van der Waals surface area contributed by atoms with Gasteiger partial charge in [-0.3, -0.25) is 4.79 Å². The molecule has 0 radical (unpaired) electrons. The maximum absolute atomic E-state index is 12.1. The summed E-state index contributed by atoms with van der Waals surface area (Å²) in [6.45, 7) is 3.92. The number of nitriles is 1. The van der Waals surface area contributed by atoms with Gasteiger partial charge >= 0.3 is 0 Å². The van der Waals surface area contributed by atoms with Crippen LogP contribution in [0.25, 0.3) is 6.08 Å². The zero-order valence-electron chi connectivity index (χ0n) is 12.1. The predicted octanol–water partition coefficient (Wildman–Crippen LogP) is 3.85. The number of rotatable bonds is 3. The van der Waals surface area contributed by atoms with Crippen LogP contribution in [0.15, 0.2) is 54.1 Å². The smallest absolute Gasteiger partial charge is 0.266 e. The summed E-state index contributed by atoms with van der Waals surface area (Å²) in [6.07, 6.45) is 1.60. The molecule has 0 unspecified atom stereocenters. The second-order valence-electron chi connectivity index (χ2n) is 4.91. The lowest BCUT2D eigenvalue weighted by Crippen LogP contribution is -2.13. The van der Waals surface area contributed by atoms with E-state index in [2.05, 4.69) is 5.32 Å². The SMILES string of the molecule is Cc1cccc(/C=C(\C#N)C(=O)Nc2cccc(C)c2)c1. The van der Waals surface area contributed by atoms with E-state index >= 15 is 0 Å². The van der Waals surface area contributed by atoms with E-state index in [1.54, 1.807) is 12.1 Å². The van der Waals surface area contributed by atoms with Gasteiger partial charge in [0.15, 0.2) is 0 Å². The molecule has 0 aliphatic rings. The molecular weight excluding hydrogens is 260 g/mol. The van der Waals surface area contributed by atoms with Crippen LogP contribution in [0.4, 0.5) is 5.69 Å². The van der Waals surface area contributed by atoms with Gasteiger partial charge in [0.1, 0.15) is 11.6 Å². The fraction of sp³-hybridized carbons (Fsp3) is 0.111. The molecule has 0 bridgehead atoms. The van der Waals surface area contributed by atoms with Crippen LogP contribution in [0.3, 0.4) is 0 Å². The fourth-order valence-corrected chi connectivity index (χ4v) is 2.00. The number of nitrogens with one attached hydrogen (secondary N) is 1. The largest absolute Gasteiger partial charge is 0.321 e. The Bertz CT molecular complexity index is 739. The third-order valence-corrected chi connectivity index (χ3v) is 2.99. The molecule has 1 amide bonds. The van der Waals surface area contributed by atoms with Crippen molar-refractivity contribution in [2.75, 3.05) is 5.32 Å². The molecule has 2 aromatic carbocycles. The summed E-state index contributed by atoms with van der Waals surface area (Å²) in [5, 5.41) is 11.9. The maximum atomic E-state index is 12.1. The van der Waals surface area contributed by atoms with Gasteiger partial charge in [0.25, 0.3) is 5.91 Å². The minimum absolute atomic E-state index is 0.0853. The molecule has 0 aliphatic heterocycles. The van der Waals surface area contributed by atoms with Crippen molar-refractivity contribution in [2.24, 2.45) is 0 Å². The normalized spacial score (nSPS) is 10.8. The van der Waals surface area contributed by atoms with Crippen LogP contribution >= 0.6 is 0 Å². The number of hydrogen-bond acceptors (Lipinski definition) is 2. The van der Waals surface area contributed by atoms with E-state index in [9.17, 15) is 10.1 Å². The van der Waals surface area contributed by atoms with E-state index in [1.807, 2.05) is 62.4 Å². The molecular formula is C18H16N2O. The predicted molar refractivity (Wildman–Crippen MR) is 84.6 cm³/mol. The van der Waals surface area contributed by atoms with Crippen LogP contribution in [0, 0.1) is 25.2 Å². The van der Waals surface area contributed by atoms with Gasteiger partial charge in [-0.15, -0.1) is 0 Å². The minimum Gasteiger partial charge on any atom is -0.321 e. The average molecular weight is 276 g/mol. The Hall–Kier alpha value is -2.86. The molecule has 0 aromatic heterocycles. The summed E-state index contributed by atoms with van der Waals surface area (Å²) in [7, 11) is 0. The van der Waals surface area contributed by atoms with E-state index < -0.39 is 5.91 Å². The Labute approximate surface area is 124 Å². The van der Waals surface area contributed by atoms with Gasteiger partial charge in [0, 0.05) is 5.69 Å². The van der Waals surface area contributed by atoms with Crippen LogP contribution in [0.1, 0.15) is 16.7 Å². The van der Waals surface area contributed by atoms with E-state index in [4.69, 9.17) is 0 Å². The third-order valence-electron chi connectivity index (χ3n) is 2.99. The first-order valence-corrected chi connectivity index (χ1v) is 6.65. The van der Waals surface area contributed by atoms with Crippen molar-refractivity contribution in [1.29, 1.82) is 5.26 Å². The highest BCUT2D eigenvalue weighted by Crippen LogP contribution is 2.13. The maximum Gasteiger partial charge on any atom is 0.266 e. The summed E-state index contributed by atoms with van der Waals surface area (Å²) in [4.78, 5) is 12.1. The van der Waals surface area contributed by atoms with E-state index in [1.165, 1.54) is 0 Å². The second-order valence-corrected chi connectivity index (χ2v) is 4.91. The van der Waals surface area contributed by atoms with E-state index in [-0.39, 0.29) is 5.57 Å². The standard InChI is InChI=1S/C18H16N2O/c1-13-5-3-7-15(9-13)11-16(12-19)18(21)20-17-8-4-6-14(2)10-17/h3-11H,1-2H3,(H,20,21)/b16-11+. The highest BCUT2D eigenvalue weighted by Gasteiger charge is 2.09. The molecule has 3 nitrogen and oxygen atoms in total. The van der Waals surface area contributed by atoms with Crippen LogP contribution in [-0.2, 0) is 4.79 Å². The highest BCUT2D eigenvalue weighted by molar-refractivity contribution is 6.09. The molecule has 3 heteroatoms. The Kier molecular flexibility index (Phi) is 4.53. The minimum atomic E-state index is -0.399. The monoisotopic (exact) mass is 276 g/mol. The topological polar surface area (TPSA) is 52.9 Å².